The maximum absolute atomic E-state index is 12.5. The van der Waals surface area contributed by atoms with Gasteiger partial charge in [0.25, 0.3) is 5.91 Å². The molecule has 0 saturated heterocycles. The fraction of sp³-hybridized carbons (Fsp3) is 0.381. The molecule has 6 nitrogen and oxygen atoms in total. The summed E-state index contributed by atoms with van der Waals surface area (Å²) in [5.41, 5.74) is 1.35. The Kier molecular flexibility index (Phi) is 6.65. The minimum Gasteiger partial charge on any atom is -0.508 e. The predicted molar refractivity (Wildman–Crippen MR) is 105 cm³/mol. The predicted octanol–water partition coefficient (Wildman–Crippen LogP) is 2.83. The standard InChI is InChI=1S/C21H23ClN2O4/c22-15-5-6-19(26)14(11-15)12-16(25)9-13-7-8-23-18(10-13)21(28)24-17-3-1-2-4-20(17)27/h5-8,10-11,17,20,26-27H,1-4,9,12H2,(H,24,28)/t17-,20-/m0/s1. The molecule has 148 valence electrons. The SMILES string of the molecule is O=C(Cc1ccnc(C(=O)N[C@H]2CCCC[C@@H]2O)c1)Cc1cc(Cl)ccc1O. The maximum atomic E-state index is 12.5. The van der Waals surface area contributed by atoms with E-state index in [9.17, 15) is 19.8 Å². The monoisotopic (exact) mass is 402 g/mol. The second kappa shape index (κ2) is 9.17. The molecule has 0 unspecified atom stereocenters. The summed E-state index contributed by atoms with van der Waals surface area (Å²) >= 11 is 5.91. The van der Waals surface area contributed by atoms with Crippen molar-refractivity contribution >= 4 is 23.3 Å². The van der Waals surface area contributed by atoms with Gasteiger partial charge in [-0.2, -0.15) is 0 Å². The van der Waals surface area contributed by atoms with Crippen LogP contribution in [-0.4, -0.2) is 39.0 Å². The van der Waals surface area contributed by atoms with E-state index in [4.69, 9.17) is 11.6 Å². The van der Waals surface area contributed by atoms with Gasteiger partial charge in [0.15, 0.2) is 0 Å². The number of halogens is 1. The number of phenolic OH excluding ortho intramolecular Hbond substituents is 1. The number of aliphatic hydroxyl groups excluding tert-OH is 1. The van der Waals surface area contributed by atoms with Gasteiger partial charge < -0.3 is 15.5 Å². The van der Waals surface area contributed by atoms with Crippen molar-refractivity contribution < 1.29 is 19.8 Å². The number of pyridine rings is 1. The maximum Gasteiger partial charge on any atom is 0.270 e. The summed E-state index contributed by atoms with van der Waals surface area (Å²) in [5, 5.41) is 23.1. The minimum absolute atomic E-state index is 0.0265. The van der Waals surface area contributed by atoms with Crippen molar-refractivity contribution in [2.24, 2.45) is 0 Å². The van der Waals surface area contributed by atoms with Crippen LogP contribution in [-0.2, 0) is 17.6 Å². The number of carbonyl (C=O) groups excluding carboxylic acids is 2. The molecule has 1 fully saturated rings. The average Bonchev–Trinajstić information content (AvgIpc) is 2.66. The zero-order valence-corrected chi connectivity index (χ0v) is 16.2. The Morgan fingerprint density at radius 1 is 1.14 bits per heavy atom. The van der Waals surface area contributed by atoms with E-state index >= 15 is 0 Å². The van der Waals surface area contributed by atoms with Gasteiger partial charge in [-0.1, -0.05) is 24.4 Å². The van der Waals surface area contributed by atoms with Crippen LogP contribution in [0.4, 0.5) is 0 Å². The van der Waals surface area contributed by atoms with Gasteiger partial charge in [0, 0.05) is 29.6 Å². The first kappa shape index (κ1) is 20.3. The molecule has 1 aliphatic rings. The van der Waals surface area contributed by atoms with Gasteiger partial charge in [-0.25, -0.2) is 0 Å². The average molecular weight is 403 g/mol. The highest BCUT2D eigenvalue weighted by atomic mass is 35.5. The minimum atomic E-state index is -0.534. The third-order valence-electron chi connectivity index (χ3n) is 4.93. The number of rotatable bonds is 6. The zero-order valence-electron chi connectivity index (χ0n) is 15.4. The summed E-state index contributed by atoms with van der Waals surface area (Å²) in [6.45, 7) is 0. The normalized spacial score (nSPS) is 19.2. The number of hydrogen-bond donors (Lipinski definition) is 3. The van der Waals surface area contributed by atoms with Crippen LogP contribution in [0.3, 0.4) is 0 Å². The quantitative estimate of drug-likeness (QED) is 0.690. The molecule has 3 N–H and O–H groups in total. The number of aromatic nitrogens is 1. The Bertz CT molecular complexity index is 871. The molecular formula is C21H23ClN2O4. The first-order chi connectivity index (χ1) is 13.4. The number of nitrogens with zero attached hydrogens (tertiary/aromatic N) is 1. The molecule has 2 aromatic rings. The van der Waals surface area contributed by atoms with E-state index in [2.05, 4.69) is 10.3 Å². The highest BCUT2D eigenvalue weighted by Crippen LogP contribution is 2.22. The van der Waals surface area contributed by atoms with E-state index in [-0.39, 0.29) is 42.0 Å². The number of carbonyl (C=O) groups is 2. The molecule has 0 aliphatic heterocycles. The van der Waals surface area contributed by atoms with Crippen molar-refractivity contribution in [2.45, 2.75) is 50.7 Å². The third-order valence-corrected chi connectivity index (χ3v) is 5.17. The van der Waals surface area contributed by atoms with Crippen LogP contribution in [0.5, 0.6) is 5.75 Å². The topological polar surface area (TPSA) is 99.5 Å². The summed E-state index contributed by atoms with van der Waals surface area (Å²) in [6, 6.07) is 7.58. The van der Waals surface area contributed by atoms with Crippen molar-refractivity contribution in [3.63, 3.8) is 0 Å². The molecule has 7 heteroatoms. The number of amides is 1. The number of Topliss-reactive ketones (excluding diaryl/α,β-unsaturated/α-hetero) is 1. The van der Waals surface area contributed by atoms with Crippen molar-refractivity contribution in [1.29, 1.82) is 0 Å². The van der Waals surface area contributed by atoms with Gasteiger partial charge in [-0.15, -0.1) is 0 Å². The molecular weight excluding hydrogens is 380 g/mol. The molecule has 1 heterocycles. The van der Waals surface area contributed by atoms with Gasteiger partial charge in [-0.3, -0.25) is 14.6 Å². The van der Waals surface area contributed by atoms with E-state index in [1.807, 2.05) is 0 Å². The van der Waals surface area contributed by atoms with Crippen LogP contribution in [0.1, 0.15) is 47.3 Å². The van der Waals surface area contributed by atoms with Crippen molar-refractivity contribution in [1.82, 2.24) is 10.3 Å². The summed E-state index contributed by atoms with van der Waals surface area (Å²) in [6.07, 6.45) is 4.48. The molecule has 1 amide bonds. The lowest BCUT2D eigenvalue weighted by molar-refractivity contribution is -0.117. The Balaban J connectivity index is 1.63. The summed E-state index contributed by atoms with van der Waals surface area (Å²) in [5.74, 6) is -0.441. The molecule has 1 saturated carbocycles. The van der Waals surface area contributed by atoms with Crippen LogP contribution in [0.15, 0.2) is 36.5 Å². The molecule has 0 radical (unpaired) electrons. The number of hydrogen-bond acceptors (Lipinski definition) is 5. The number of ketones is 1. The van der Waals surface area contributed by atoms with Crippen LogP contribution < -0.4 is 5.32 Å². The fourth-order valence-electron chi connectivity index (χ4n) is 3.43. The molecule has 2 atom stereocenters. The Morgan fingerprint density at radius 2 is 1.93 bits per heavy atom. The fourth-order valence-corrected chi connectivity index (χ4v) is 3.62. The largest absolute Gasteiger partial charge is 0.508 e. The highest BCUT2D eigenvalue weighted by molar-refractivity contribution is 6.30. The smallest absolute Gasteiger partial charge is 0.270 e. The third kappa shape index (κ3) is 5.30. The first-order valence-electron chi connectivity index (χ1n) is 9.35. The molecule has 0 bridgehead atoms. The Labute approximate surface area is 168 Å². The molecule has 1 aliphatic carbocycles. The Hall–Kier alpha value is -2.44. The zero-order chi connectivity index (χ0) is 20.1. The molecule has 1 aromatic heterocycles. The van der Waals surface area contributed by atoms with Crippen molar-refractivity contribution in [3.05, 3.63) is 58.4 Å². The second-order valence-electron chi connectivity index (χ2n) is 7.15. The van der Waals surface area contributed by atoms with Gasteiger partial charge in [0.05, 0.1) is 12.1 Å². The lowest BCUT2D eigenvalue weighted by Gasteiger charge is -2.28. The van der Waals surface area contributed by atoms with E-state index in [1.54, 1.807) is 24.3 Å². The number of phenols is 1. The molecule has 1 aromatic carbocycles. The van der Waals surface area contributed by atoms with Gasteiger partial charge in [0.2, 0.25) is 0 Å². The van der Waals surface area contributed by atoms with Crippen molar-refractivity contribution in [2.75, 3.05) is 0 Å². The van der Waals surface area contributed by atoms with Gasteiger partial charge in [-0.05, 0) is 48.7 Å². The van der Waals surface area contributed by atoms with Gasteiger partial charge >= 0.3 is 0 Å². The molecule has 28 heavy (non-hydrogen) atoms. The molecule has 3 rings (SSSR count). The number of aliphatic hydroxyl groups is 1. The summed E-state index contributed by atoms with van der Waals surface area (Å²) in [4.78, 5) is 28.9. The number of aromatic hydroxyl groups is 1. The molecule has 0 spiro atoms. The highest BCUT2D eigenvalue weighted by Gasteiger charge is 2.25. The first-order valence-corrected chi connectivity index (χ1v) is 9.73. The van der Waals surface area contributed by atoms with Crippen LogP contribution >= 0.6 is 11.6 Å². The number of benzene rings is 1. The van der Waals surface area contributed by atoms with E-state index in [0.29, 0.717) is 22.6 Å². The summed E-state index contributed by atoms with van der Waals surface area (Å²) in [7, 11) is 0. The lowest BCUT2D eigenvalue weighted by Crippen LogP contribution is -2.45. The summed E-state index contributed by atoms with van der Waals surface area (Å²) < 4.78 is 0. The Morgan fingerprint density at radius 3 is 2.71 bits per heavy atom. The van der Waals surface area contributed by atoms with Crippen LogP contribution in [0, 0.1) is 0 Å². The number of nitrogens with one attached hydrogen (secondary N) is 1. The van der Waals surface area contributed by atoms with Gasteiger partial charge in [0.1, 0.15) is 17.2 Å². The lowest BCUT2D eigenvalue weighted by atomic mass is 9.92. The van der Waals surface area contributed by atoms with Crippen LogP contribution in [0.2, 0.25) is 5.02 Å². The van der Waals surface area contributed by atoms with E-state index < -0.39 is 6.10 Å². The van der Waals surface area contributed by atoms with Crippen LogP contribution in [0.25, 0.3) is 0 Å². The second-order valence-corrected chi connectivity index (χ2v) is 7.58. The van der Waals surface area contributed by atoms with Crippen molar-refractivity contribution in [3.8, 4) is 5.75 Å². The van der Waals surface area contributed by atoms with E-state index in [1.165, 1.54) is 12.3 Å². The van der Waals surface area contributed by atoms with E-state index in [0.717, 1.165) is 19.3 Å².